The molecule has 1 atom stereocenters. The van der Waals surface area contributed by atoms with Crippen LogP contribution in [0.15, 0.2) is 35.7 Å². The third-order valence-corrected chi connectivity index (χ3v) is 3.93. The Hall–Kier alpha value is -1.52. The molecule has 0 bridgehead atoms. The van der Waals surface area contributed by atoms with Crippen LogP contribution in [-0.4, -0.2) is 11.9 Å². The third-order valence-electron chi connectivity index (χ3n) is 2.70. The largest absolute Gasteiger partial charge is 0.399 e. The number of rotatable bonds is 4. The minimum absolute atomic E-state index is 0.0450. The molecule has 2 aromatic rings. The maximum Gasteiger partial charge on any atom is 0.253 e. The lowest BCUT2D eigenvalue weighted by atomic mass is 10.1. The number of halogens is 1. The van der Waals surface area contributed by atoms with E-state index in [0.29, 0.717) is 16.3 Å². The normalized spacial score (nSPS) is 12.1. The Kier molecular flexibility index (Phi) is 4.45. The second kappa shape index (κ2) is 6.08. The average Bonchev–Trinajstić information content (AvgIpc) is 2.84. The van der Waals surface area contributed by atoms with Crippen LogP contribution in [0.1, 0.15) is 22.2 Å². The summed E-state index contributed by atoms with van der Waals surface area (Å²) in [6, 6.07) is 9.01. The van der Waals surface area contributed by atoms with Crippen molar-refractivity contribution < 1.29 is 4.79 Å². The van der Waals surface area contributed by atoms with Gasteiger partial charge in [-0.1, -0.05) is 17.7 Å². The molecule has 0 saturated carbocycles. The van der Waals surface area contributed by atoms with Gasteiger partial charge in [-0.3, -0.25) is 4.79 Å². The van der Waals surface area contributed by atoms with Crippen LogP contribution in [0, 0.1) is 0 Å². The van der Waals surface area contributed by atoms with Gasteiger partial charge in [-0.15, -0.1) is 11.3 Å². The van der Waals surface area contributed by atoms with Crippen molar-refractivity contribution in [3.63, 3.8) is 0 Å². The quantitative estimate of drug-likeness (QED) is 0.850. The Balaban J connectivity index is 2.02. The fourth-order valence-corrected chi connectivity index (χ4v) is 2.84. The summed E-state index contributed by atoms with van der Waals surface area (Å²) >= 11 is 7.69. The average molecular weight is 295 g/mol. The first-order valence-electron chi connectivity index (χ1n) is 5.94. The Morgan fingerprint density at radius 2 is 2.26 bits per heavy atom. The van der Waals surface area contributed by atoms with E-state index in [1.807, 2.05) is 18.4 Å². The van der Waals surface area contributed by atoms with Crippen molar-refractivity contribution in [2.45, 2.75) is 19.4 Å². The van der Waals surface area contributed by atoms with Gasteiger partial charge in [-0.25, -0.2) is 0 Å². The van der Waals surface area contributed by atoms with Gasteiger partial charge < -0.3 is 11.1 Å². The molecule has 0 fully saturated rings. The SMILES string of the molecule is CC(Cc1cccs1)NC(=O)c1cc(N)ccc1Cl. The molecule has 0 aliphatic carbocycles. The molecule has 0 saturated heterocycles. The Labute approximate surface area is 121 Å². The minimum Gasteiger partial charge on any atom is -0.399 e. The maximum absolute atomic E-state index is 12.1. The molecule has 0 aliphatic heterocycles. The molecule has 0 radical (unpaired) electrons. The van der Waals surface area contributed by atoms with Gasteiger partial charge in [0.05, 0.1) is 10.6 Å². The molecule has 19 heavy (non-hydrogen) atoms. The number of hydrogen-bond donors (Lipinski definition) is 2. The van der Waals surface area contributed by atoms with E-state index in [1.165, 1.54) is 4.88 Å². The number of amides is 1. The summed E-state index contributed by atoms with van der Waals surface area (Å²) in [6.45, 7) is 1.97. The Morgan fingerprint density at radius 3 is 2.95 bits per heavy atom. The summed E-state index contributed by atoms with van der Waals surface area (Å²) in [5.41, 5.74) is 6.61. The molecule has 1 amide bonds. The molecule has 1 unspecified atom stereocenters. The molecule has 0 spiro atoms. The number of nitrogens with two attached hydrogens (primary N) is 1. The molecule has 100 valence electrons. The summed E-state index contributed by atoms with van der Waals surface area (Å²) in [5, 5.41) is 5.37. The van der Waals surface area contributed by atoms with Gasteiger partial charge >= 0.3 is 0 Å². The summed E-state index contributed by atoms with van der Waals surface area (Å²) < 4.78 is 0. The molecule has 3 nitrogen and oxygen atoms in total. The van der Waals surface area contributed by atoms with E-state index in [4.69, 9.17) is 17.3 Å². The smallest absolute Gasteiger partial charge is 0.253 e. The molecular weight excluding hydrogens is 280 g/mol. The van der Waals surface area contributed by atoms with E-state index in [0.717, 1.165) is 6.42 Å². The number of carbonyl (C=O) groups is 1. The van der Waals surface area contributed by atoms with Gasteiger partial charge in [0, 0.05) is 23.0 Å². The standard InChI is InChI=1S/C14H15ClN2OS/c1-9(7-11-3-2-6-19-11)17-14(18)12-8-10(16)4-5-13(12)15/h2-6,8-9H,7,16H2,1H3,(H,17,18). The third kappa shape index (κ3) is 3.72. The second-order valence-corrected chi connectivity index (χ2v) is 5.84. The molecular formula is C14H15ClN2OS. The molecule has 2 rings (SSSR count). The van der Waals surface area contributed by atoms with Crippen LogP contribution < -0.4 is 11.1 Å². The molecule has 0 aliphatic rings. The van der Waals surface area contributed by atoms with Crippen molar-refractivity contribution in [1.82, 2.24) is 5.32 Å². The van der Waals surface area contributed by atoms with Crippen molar-refractivity contribution in [1.29, 1.82) is 0 Å². The highest BCUT2D eigenvalue weighted by molar-refractivity contribution is 7.09. The van der Waals surface area contributed by atoms with E-state index in [2.05, 4.69) is 11.4 Å². The topological polar surface area (TPSA) is 55.1 Å². The highest BCUT2D eigenvalue weighted by Crippen LogP contribution is 2.19. The summed E-state index contributed by atoms with van der Waals surface area (Å²) in [5.74, 6) is -0.193. The van der Waals surface area contributed by atoms with Crippen LogP contribution in [0.4, 0.5) is 5.69 Å². The van der Waals surface area contributed by atoms with Gasteiger partial charge in [-0.05, 0) is 36.6 Å². The van der Waals surface area contributed by atoms with Gasteiger partial charge in [-0.2, -0.15) is 0 Å². The maximum atomic E-state index is 12.1. The molecule has 1 aromatic carbocycles. The van der Waals surface area contributed by atoms with Gasteiger partial charge in [0.25, 0.3) is 5.91 Å². The van der Waals surface area contributed by atoms with Gasteiger partial charge in [0.15, 0.2) is 0 Å². The molecule has 1 heterocycles. The monoisotopic (exact) mass is 294 g/mol. The lowest BCUT2D eigenvalue weighted by molar-refractivity contribution is 0.0940. The lowest BCUT2D eigenvalue weighted by Gasteiger charge is -2.14. The molecule has 5 heteroatoms. The Bertz CT molecular complexity index is 569. The van der Waals surface area contributed by atoms with Crippen molar-refractivity contribution >= 4 is 34.5 Å². The predicted octanol–water partition coefficient (Wildman–Crippen LogP) is 3.34. The van der Waals surface area contributed by atoms with E-state index < -0.39 is 0 Å². The number of anilines is 1. The fourth-order valence-electron chi connectivity index (χ4n) is 1.80. The van der Waals surface area contributed by atoms with Crippen LogP contribution in [0.2, 0.25) is 5.02 Å². The number of thiophene rings is 1. The zero-order valence-corrected chi connectivity index (χ0v) is 12.1. The van der Waals surface area contributed by atoms with Gasteiger partial charge in [0.2, 0.25) is 0 Å². The van der Waals surface area contributed by atoms with E-state index >= 15 is 0 Å². The highest BCUT2D eigenvalue weighted by atomic mass is 35.5. The number of nitrogen functional groups attached to an aromatic ring is 1. The number of benzene rings is 1. The van der Waals surface area contributed by atoms with Crippen LogP contribution in [0.5, 0.6) is 0 Å². The summed E-state index contributed by atoms with van der Waals surface area (Å²) in [4.78, 5) is 13.4. The predicted molar refractivity (Wildman–Crippen MR) is 80.8 cm³/mol. The number of hydrogen-bond acceptors (Lipinski definition) is 3. The van der Waals surface area contributed by atoms with E-state index in [1.54, 1.807) is 29.5 Å². The lowest BCUT2D eigenvalue weighted by Crippen LogP contribution is -2.34. The van der Waals surface area contributed by atoms with Crippen LogP contribution >= 0.6 is 22.9 Å². The number of carbonyl (C=O) groups excluding carboxylic acids is 1. The second-order valence-electron chi connectivity index (χ2n) is 4.40. The van der Waals surface area contributed by atoms with Crippen molar-refractivity contribution in [3.8, 4) is 0 Å². The summed E-state index contributed by atoms with van der Waals surface area (Å²) in [7, 11) is 0. The zero-order chi connectivity index (χ0) is 13.8. The minimum atomic E-state index is -0.193. The first-order valence-corrected chi connectivity index (χ1v) is 7.20. The number of nitrogens with one attached hydrogen (secondary N) is 1. The van der Waals surface area contributed by atoms with Crippen LogP contribution in [-0.2, 0) is 6.42 Å². The fraction of sp³-hybridized carbons (Fsp3) is 0.214. The summed E-state index contributed by atoms with van der Waals surface area (Å²) in [6.07, 6.45) is 0.809. The highest BCUT2D eigenvalue weighted by Gasteiger charge is 2.14. The first-order chi connectivity index (χ1) is 9.06. The zero-order valence-electron chi connectivity index (χ0n) is 10.5. The van der Waals surface area contributed by atoms with Crippen LogP contribution in [0.3, 0.4) is 0 Å². The Morgan fingerprint density at radius 1 is 1.47 bits per heavy atom. The first kappa shape index (κ1) is 13.9. The van der Waals surface area contributed by atoms with Crippen molar-refractivity contribution in [2.75, 3.05) is 5.73 Å². The van der Waals surface area contributed by atoms with Crippen LogP contribution in [0.25, 0.3) is 0 Å². The van der Waals surface area contributed by atoms with Crippen molar-refractivity contribution in [2.24, 2.45) is 0 Å². The molecule has 1 aromatic heterocycles. The van der Waals surface area contributed by atoms with E-state index in [9.17, 15) is 4.79 Å². The molecule has 3 N–H and O–H groups in total. The van der Waals surface area contributed by atoms with Crippen molar-refractivity contribution in [3.05, 3.63) is 51.2 Å². The van der Waals surface area contributed by atoms with E-state index in [-0.39, 0.29) is 11.9 Å². The van der Waals surface area contributed by atoms with Gasteiger partial charge in [0.1, 0.15) is 0 Å².